The number of hydrogen-bond acceptors (Lipinski definition) is 3. The fourth-order valence-electron chi connectivity index (χ4n) is 3.82. The Labute approximate surface area is 175 Å². The average molecular weight is 413 g/mol. The Bertz CT molecular complexity index is 1120. The second-order valence-electron chi connectivity index (χ2n) is 7.31. The highest BCUT2D eigenvalue weighted by molar-refractivity contribution is 6.03. The van der Waals surface area contributed by atoms with Crippen molar-refractivity contribution in [3.05, 3.63) is 95.5 Å². The Hall–Kier alpha value is -3.25. The third-order valence-corrected chi connectivity index (χ3v) is 5.39. The molecule has 1 heterocycles. The summed E-state index contributed by atoms with van der Waals surface area (Å²) >= 11 is 0. The number of carbonyl (C=O) groups excluding carboxylic acids is 1. The number of phenolic OH excluding ortho intramolecular Hbond substituents is 1. The first-order chi connectivity index (χ1) is 15.3. The fraction of sp³-hybridized carbons (Fsp3) is 0.208. The lowest BCUT2D eigenvalue weighted by Crippen LogP contribution is -2.55. The molecule has 154 valence electrons. The van der Waals surface area contributed by atoms with Crippen molar-refractivity contribution < 1.29 is 26.5 Å². The Kier molecular flexibility index (Phi) is 4.83. The molecule has 30 heavy (non-hydrogen) atoms. The summed E-state index contributed by atoms with van der Waals surface area (Å²) in [4.78, 5) is 14.4. The van der Waals surface area contributed by atoms with Crippen molar-refractivity contribution in [3.8, 4) is 5.75 Å². The van der Waals surface area contributed by atoms with Crippen molar-refractivity contribution in [3.63, 3.8) is 0 Å². The highest BCUT2D eigenvalue weighted by Crippen LogP contribution is 2.46. The highest BCUT2D eigenvalue weighted by Gasteiger charge is 2.48. The molecule has 0 aliphatic carbocycles. The minimum atomic E-state index is -0.887. The second-order valence-corrected chi connectivity index (χ2v) is 7.31. The van der Waals surface area contributed by atoms with E-state index in [4.69, 9.17) is 2.74 Å². The quantitative estimate of drug-likeness (QED) is 0.566. The molecule has 3 aromatic carbocycles. The van der Waals surface area contributed by atoms with Gasteiger partial charge in [-0.2, -0.15) is 0 Å². The van der Waals surface area contributed by atoms with Crippen molar-refractivity contribution in [2.75, 3.05) is 4.90 Å². The van der Waals surface area contributed by atoms with Crippen molar-refractivity contribution >= 4 is 11.6 Å². The van der Waals surface area contributed by atoms with Gasteiger partial charge in [-0.05, 0) is 72.5 Å². The second kappa shape index (κ2) is 8.24. The third kappa shape index (κ3) is 3.91. The van der Waals surface area contributed by atoms with Gasteiger partial charge in [0.25, 0.3) is 0 Å². The van der Waals surface area contributed by atoms with Crippen LogP contribution in [0.3, 0.4) is 0 Å². The number of anilines is 1. The van der Waals surface area contributed by atoms with Crippen LogP contribution in [0, 0.1) is 17.6 Å². The highest BCUT2D eigenvalue weighted by atomic mass is 19.1. The van der Waals surface area contributed by atoms with Gasteiger partial charge in [0.05, 0.1) is 20.8 Å². The molecule has 0 aromatic heterocycles. The predicted octanol–water partition coefficient (Wildman–Crippen LogP) is 4.89. The zero-order valence-corrected chi connectivity index (χ0v) is 15.9. The summed E-state index contributed by atoms with van der Waals surface area (Å²) in [6, 6.07) is 12.6. The van der Waals surface area contributed by atoms with Crippen LogP contribution in [0.15, 0.2) is 72.7 Å². The minimum absolute atomic E-state index is 0.0183. The summed E-state index contributed by atoms with van der Waals surface area (Å²) in [6.45, 7) is 0. The summed E-state index contributed by atoms with van der Waals surface area (Å²) in [5, 5.41) is 20.1. The van der Waals surface area contributed by atoms with E-state index in [2.05, 4.69) is 0 Å². The molecule has 1 aliphatic heterocycles. The number of benzene rings is 3. The number of nitrogens with zero attached hydrogens (tertiary/aromatic N) is 1. The molecule has 0 saturated carbocycles. The van der Waals surface area contributed by atoms with Crippen molar-refractivity contribution in [2.45, 2.75) is 25.0 Å². The van der Waals surface area contributed by atoms with E-state index >= 15 is 0 Å². The lowest BCUT2D eigenvalue weighted by atomic mass is 9.78. The monoisotopic (exact) mass is 413 g/mol. The lowest BCUT2D eigenvalue weighted by Gasteiger charge is -2.48. The summed E-state index contributed by atoms with van der Waals surface area (Å²) < 4.78 is 42.9. The van der Waals surface area contributed by atoms with Crippen molar-refractivity contribution in [1.82, 2.24) is 0 Å². The number of phenols is 1. The SMILES string of the molecule is [3H]c1cc(F)cc([3H])c1N1C(=O)[C@H](CC[C@H](O)c2ccc(F)cc2)[C@H]1c1ccc(O)cc1. The first-order valence-corrected chi connectivity index (χ1v) is 9.58. The number of hydrogen-bond donors (Lipinski definition) is 2. The van der Waals surface area contributed by atoms with E-state index in [1.54, 1.807) is 12.1 Å². The summed E-state index contributed by atoms with van der Waals surface area (Å²) in [6.07, 6.45) is -0.335. The molecular weight excluding hydrogens is 388 g/mol. The van der Waals surface area contributed by atoms with Crippen LogP contribution in [-0.4, -0.2) is 16.1 Å². The van der Waals surface area contributed by atoms with Gasteiger partial charge in [-0.1, -0.05) is 24.3 Å². The zero-order chi connectivity index (χ0) is 23.0. The topological polar surface area (TPSA) is 60.8 Å². The molecule has 1 fully saturated rings. The Balaban J connectivity index is 1.61. The summed E-state index contributed by atoms with van der Waals surface area (Å²) in [5.41, 5.74) is 1.24. The maximum Gasteiger partial charge on any atom is 0.233 e. The van der Waals surface area contributed by atoms with Crippen molar-refractivity contribution in [2.24, 2.45) is 5.92 Å². The van der Waals surface area contributed by atoms with Gasteiger partial charge in [-0.25, -0.2) is 8.78 Å². The zero-order valence-electron chi connectivity index (χ0n) is 17.9. The standard InChI is InChI=1S/C24H21F2NO3/c25-17-5-1-15(2-6-17)22(29)14-13-21-23(16-3-11-20(28)12-4-16)27(24(21)30)19-9-7-18(26)8-10-19/h1-12,21-23,28-29H,13-14H2/t21-,22+,23-/m1/s1/i9T,10T. The molecule has 0 spiro atoms. The maximum atomic E-state index is 13.6. The molecule has 1 saturated heterocycles. The number of rotatable bonds is 6. The van der Waals surface area contributed by atoms with Gasteiger partial charge in [-0.3, -0.25) is 4.79 Å². The molecule has 3 aromatic rings. The van der Waals surface area contributed by atoms with Crippen LogP contribution in [0.2, 0.25) is 0 Å². The van der Waals surface area contributed by atoms with Gasteiger partial charge in [0.1, 0.15) is 17.4 Å². The number of aromatic hydroxyl groups is 1. The van der Waals surface area contributed by atoms with Gasteiger partial charge < -0.3 is 15.1 Å². The van der Waals surface area contributed by atoms with Crippen LogP contribution >= 0.6 is 0 Å². The number of carbonyl (C=O) groups is 1. The minimum Gasteiger partial charge on any atom is -0.508 e. The number of aliphatic hydroxyl groups excluding tert-OH is 1. The fourth-order valence-corrected chi connectivity index (χ4v) is 3.82. The molecule has 2 N–H and O–H groups in total. The molecule has 4 nitrogen and oxygen atoms in total. The maximum absolute atomic E-state index is 13.6. The molecule has 0 bridgehead atoms. The van der Waals surface area contributed by atoms with Crippen LogP contribution in [0.1, 0.15) is 38.9 Å². The van der Waals surface area contributed by atoms with Gasteiger partial charge >= 0.3 is 0 Å². The average Bonchev–Trinajstić information content (AvgIpc) is 2.75. The number of halogens is 2. The van der Waals surface area contributed by atoms with Crippen LogP contribution in [0.25, 0.3) is 0 Å². The molecule has 1 amide bonds. The largest absolute Gasteiger partial charge is 0.508 e. The van der Waals surface area contributed by atoms with Gasteiger partial charge in [0.2, 0.25) is 5.91 Å². The molecule has 3 atom stereocenters. The van der Waals surface area contributed by atoms with Gasteiger partial charge in [0.15, 0.2) is 0 Å². The Morgan fingerprint density at radius 2 is 1.57 bits per heavy atom. The van der Waals surface area contributed by atoms with E-state index in [9.17, 15) is 23.8 Å². The summed E-state index contributed by atoms with van der Waals surface area (Å²) in [7, 11) is 0. The smallest absolute Gasteiger partial charge is 0.233 e. The molecule has 0 radical (unpaired) electrons. The van der Waals surface area contributed by atoms with Crippen molar-refractivity contribution in [1.29, 1.82) is 0 Å². The molecule has 6 heteroatoms. The van der Waals surface area contributed by atoms with Crippen LogP contribution in [-0.2, 0) is 4.79 Å². The normalized spacial score (nSPS) is 20.4. The van der Waals surface area contributed by atoms with E-state index < -0.39 is 29.7 Å². The van der Waals surface area contributed by atoms with E-state index in [-0.39, 0.29) is 35.8 Å². The van der Waals surface area contributed by atoms with Crippen LogP contribution in [0.5, 0.6) is 5.75 Å². The third-order valence-electron chi connectivity index (χ3n) is 5.39. The van der Waals surface area contributed by atoms with Crippen LogP contribution < -0.4 is 4.90 Å². The number of β-lactam (4-membered cyclic amide) rings is 1. The molecule has 4 rings (SSSR count). The lowest BCUT2D eigenvalue weighted by molar-refractivity contribution is -0.131. The van der Waals surface area contributed by atoms with E-state index in [1.165, 1.54) is 41.3 Å². The number of aliphatic hydroxyl groups is 1. The predicted molar refractivity (Wildman–Crippen MR) is 109 cm³/mol. The van der Waals surface area contributed by atoms with Gasteiger partial charge in [-0.15, -0.1) is 0 Å². The first kappa shape index (κ1) is 17.6. The van der Waals surface area contributed by atoms with Crippen LogP contribution in [0.4, 0.5) is 14.5 Å². The first-order valence-electron chi connectivity index (χ1n) is 10.6. The van der Waals surface area contributed by atoms with E-state index in [1.807, 2.05) is 0 Å². The number of amides is 1. The Morgan fingerprint density at radius 1 is 0.967 bits per heavy atom. The summed E-state index contributed by atoms with van der Waals surface area (Å²) in [5.74, 6) is -1.95. The molecule has 0 unspecified atom stereocenters. The van der Waals surface area contributed by atoms with E-state index in [0.29, 0.717) is 17.5 Å². The molecule has 1 aliphatic rings. The Morgan fingerprint density at radius 3 is 2.20 bits per heavy atom. The molecular formula is C24H21F2NO3. The van der Waals surface area contributed by atoms with Gasteiger partial charge in [0, 0.05) is 5.69 Å². The van der Waals surface area contributed by atoms with E-state index in [0.717, 1.165) is 12.1 Å².